The zero-order valence-electron chi connectivity index (χ0n) is 17.7. The van der Waals surface area contributed by atoms with E-state index in [0.29, 0.717) is 12.1 Å². The third-order valence-electron chi connectivity index (χ3n) is 4.53. The van der Waals surface area contributed by atoms with Gasteiger partial charge in [0.1, 0.15) is 18.4 Å². The third-order valence-corrected chi connectivity index (χ3v) is 5.71. The summed E-state index contributed by atoms with van der Waals surface area (Å²) in [5.41, 5.74) is 2.63. The van der Waals surface area contributed by atoms with Gasteiger partial charge in [0.25, 0.3) is 0 Å². The van der Waals surface area contributed by atoms with E-state index < -0.39 is 16.1 Å². The molecule has 0 aromatic heterocycles. The lowest BCUT2D eigenvalue weighted by atomic mass is 10.1. The van der Waals surface area contributed by atoms with Crippen LogP contribution in [0.5, 0.6) is 5.75 Å². The maximum absolute atomic E-state index is 12.9. The average molecular weight is 419 g/mol. The highest BCUT2D eigenvalue weighted by Gasteiger charge is 2.32. The summed E-state index contributed by atoms with van der Waals surface area (Å²) in [6, 6.07) is 13.6. The van der Waals surface area contributed by atoms with Gasteiger partial charge < -0.3 is 10.1 Å². The minimum Gasteiger partial charge on any atom is -0.491 e. The summed E-state index contributed by atoms with van der Waals surface area (Å²) >= 11 is 0. The van der Waals surface area contributed by atoms with Gasteiger partial charge in [-0.05, 0) is 51.5 Å². The summed E-state index contributed by atoms with van der Waals surface area (Å²) < 4.78 is 31.8. The van der Waals surface area contributed by atoms with Crippen LogP contribution in [-0.4, -0.2) is 39.3 Å². The molecule has 0 bridgehead atoms. The normalized spacial score (nSPS) is 13.4. The van der Waals surface area contributed by atoms with Crippen LogP contribution >= 0.6 is 0 Å². The van der Waals surface area contributed by atoms with E-state index in [9.17, 15) is 13.2 Å². The maximum atomic E-state index is 12.9. The van der Waals surface area contributed by atoms with Gasteiger partial charge in [-0.25, -0.2) is 8.42 Å². The number of hydrogen-bond donors (Lipinski definition) is 1. The van der Waals surface area contributed by atoms with E-state index >= 15 is 0 Å². The second-order valence-electron chi connectivity index (χ2n) is 7.35. The molecule has 1 amide bonds. The van der Waals surface area contributed by atoms with Gasteiger partial charge in [-0.1, -0.05) is 42.3 Å². The highest BCUT2D eigenvalue weighted by molar-refractivity contribution is 7.92. The second kappa shape index (κ2) is 9.78. The molecular formula is C22H30N2O4S. The molecule has 29 heavy (non-hydrogen) atoms. The van der Waals surface area contributed by atoms with Crippen LogP contribution in [0.3, 0.4) is 0 Å². The Labute approximate surface area is 173 Å². The molecule has 0 unspecified atom stereocenters. The standard InChI is InChI=1S/C22H30N2O4S/c1-6-21(24(29(5,26)27)19-11-7-16(2)8-12-19)22(25)23-18(4)15-28-20-13-9-17(3)10-14-20/h7-14,18,21H,6,15H2,1-5H3,(H,23,25)/t18-,21-/m1/s1. The van der Waals surface area contributed by atoms with Gasteiger partial charge in [-0.15, -0.1) is 0 Å². The summed E-state index contributed by atoms with van der Waals surface area (Å²) in [5.74, 6) is 0.375. The number of amides is 1. The molecule has 2 aromatic carbocycles. The second-order valence-corrected chi connectivity index (χ2v) is 9.21. The molecule has 0 saturated heterocycles. The van der Waals surface area contributed by atoms with E-state index in [0.717, 1.165) is 23.1 Å². The SMILES string of the molecule is CC[C@H](C(=O)N[C@H](C)COc1ccc(C)cc1)N(c1ccc(C)cc1)S(C)(=O)=O. The maximum Gasteiger partial charge on any atom is 0.244 e. The van der Waals surface area contributed by atoms with Crippen LogP contribution in [0, 0.1) is 13.8 Å². The van der Waals surface area contributed by atoms with Crippen LogP contribution in [-0.2, 0) is 14.8 Å². The Morgan fingerprint density at radius 2 is 1.55 bits per heavy atom. The molecule has 0 aliphatic heterocycles. The lowest BCUT2D eigenvalue weighted by molar-refractivity contribution is -0.123. The zero-order chi connectivity index (χ0) is 21.6. The van der Waals surface area contributed by atoms with Gasteiger partial charge in [-0.2, -0.15) is 0 Å². The van der Waals surface area contributed by atoms with Crippen LogP contribution in [0.15, 0.2) is 48.5 Å². The summed E-state index contributed by atoms with van der Waals surface area (Å²) in [4.78, 5) is 12.9. The van der Waals surface area contributed by atoms with E-state index in [1.807, 2.05) is 57.2 Å². The number of nitrogens with one attached hydrogen (secondary N) is 1. The minimum absolute atomic E-state index is 0.280. The van der Waals surface area contributed by atoms with E-state index in [4.69, 9.17) is 4.74 Å². The van der Waals surface area contributed by atoms with Crippen molar-refractivity contribution in [1.82, 2.24) is 5.32 Å². The summed E-state index contributed by atoms with van der Waals surface area (Å²) in [7, 11) is -3.64. The van der Waals surface area contributed by atoms with Crippen LogP contribution < -0.4 is 14.4 Å². The van der Waals surface area contributed by atoms with Crippen molar-refractivity contribution in [3.05, 3.63) is 59.7 Å². The minimum atomic E-state index is -3.64. The first-order valence-corrected chi connectivity index (χ1v) is 11.5. The molecule has 1 N–H and O–H groups in total. The van der Waals surface area contributed by atoms with Crippen LogP contribution in [0.25, 0.3) is 0 Å². The van der Waals surface area contributed by atoms with E-state index in [1.165, 1.54) is 4.31 Å². The molecule has 0 saturated carbocycles. The van der Waals surface area contributed by atoms with Gasteiger partial charge in [0, 0.05) is 0 Å². The van der Waals surface area contributed by atoms with Crippen LogP contribution in [0.4, 0.5) is 5.69 Å². The fraction of sp³-hybridized carbons (Fsp3) is 0.409. The average Bonchev–Trinajstić information content (AvgIpc) is 2.65. The molecule has 0 aliphatic rings. The molecule has 6 nitrogen and oxygen atoms in total. The molecule has 0 aliphatic carbocycles. The lowest BCUT2D eigenvalue weighted by Gasteiger charge is -2.31. The Bertz CT molecular complexity index is 909. The van der Waals surface area contributed by atoms with Crippen molar-refractivity contribution in [2.75, 3.05) is 17.2 Å². The van der Waals surface area contributed by atoms with E-state index in [-0.39, 0.29) is 18.6 Å². The molecule has 0 heterocycles. The molecule has 2 atom stereocenters. The number of ether oxygens (including phenoxy) is 1. The Hall–Kier alpha value is -2.54. The Morgan fingerprint density at radius 3 is 2.03 bits per heavy atom. The van der Waals surface area contributed by atoms with Gasteiger partial charge >= 0.3 is 0 Å². The van der Waals surface area contributed by atoms with Crippen molar-refractivity contribution in [1.29, 1.82) is 0 Å². The fourth-order valence-electron chi connectivity index (χ4n) is 2.99. The highest BCUT2D eigenvalue weighted by atomic mass is 32.2. The quantitative estimate of drug-likeness (QED) is 0.677. The summed E-state index contributed by atoms with van der Waals surface area (Å²) in [5, 5.41) is 2.88. The smallest absolute Gasteiger partial charge is 0.244 e. The van der Waals surface area contributed by atoms with Gasteiger partial charge in [0.2, 0.25) is 15.9 Å². The van der Waals surface area contributed by atoms with Crippen molar-refractivity contribution >= 4 is 21.6 Å². The predicted octanol–water partition coefficient (Wildman–Crippen LogP) is 3.43. The topological polar surface area (TPSA) is 75.7 Å². The molecule has 0 spiro atoms. The van der Waals surface area contributed by atoms with Crippen molar-refractivity contribution in [2.45, 2.75) is 46.2 Å². The van der Waals surface area contributed by atoms with Crippen molar-refractivity contribution in [3.63, 3.8) is 0 Å². The van der Waals surface area contributed by atoms with Crippen molar-refractivity contribution in [2.24, 2.45) is 0 Å². The summed E-state index contributed by atoms with van der Waals surface area (Å²) in [6.45, 7) is 7.83. The number of anilines is 1. The third kappa shape index (κ3) is 6.49. The molecule has 2 rings (SSSR count). The van der Waals surface area contributed by atoms with Gasteiger partial charge in [0.05, 0.1) is 18.0 Å². The number of benzene rings is 2. The number of sulfonamides is 1. The Kier molecular flexibility index (Phi) is 7.67. The number of nitrogens with zero attached hydrogens (tertiary/aromatic N) is 1. The predicted molar refractivity (Wildman–Crippen MR) is 117 cm³/mol. The van der Waals surface area contributed by atoms with Crippen molar-refractivity contribution < 1.29 is 17.9 Å². The molecule has 2 aromatic rings. The Morgan fingerprint density at radius 1 is 1.03 bits per heavy atom. The first kappa shape index (κ1) is 22.7. The summed E-state index contributed by atoms with van der Waals surface area (Å²) in [6.07, 6.45) is 1.46. The van der Waals surface area contributed by atoms with E-state index in [1.54, 1.807) is 19.1 Å². The zero-order valence-corrected chi connectivity index (χ0v) is 18.5. The molecule has 0 radical (unpaired) electrons. The fourth-order valence-corrected chi connectivity index (χ4v) is 4.20. The van der Waals surface area contributed by atoms with Gasteiger partial charge in [0.15, 0.2) is 0 Å². The molecule has 158 valence electrons. The van der Waals surface area contributed by atoms with Crippen LogP contribution in [0.2, 0.25) is 0 Å². The van der Waals surface area contributed by atoms with Crippen molar-refractivity contribution in [3.8, 4) is 5.75 Å². The largest absolute Gasteiger partial charge is 0.491 e. The highest BCUT2D eigenvalue weighted by Crippen LogP contribution is 2.23. The molecule has 0 fully saturated rings. The first-order chi connectivity index (χ1) is 13.6. The van der Waals surface area contributed by atoms with E-state index in [2.05, 4.69) is 5.32 Å². The number of aryl methyl sites for hydroxylation is 2. The molecule has 7 heteroatoms. The number of hydrogen-bond acceptors (Lipinski definition) is 4. The van der Waals surface area contributed by atoms with Gasteiger partial charge in [-0.3, -0.25) is 9.10 Å². The first-order valence-electron chi connectivity index (χ1n) is 9.67. The number of rotatable bonds is 9. The number of carbonyl (C=O) groups is 1. The van der Waals surface area contributed by atoms with Crippen LogP contribution in [0.1, 0.15) is 31.4 Å². The molecular weight excluding hydrogens is 388 g/mol. The monoisotopic (exact) mass is 418 g/mol. The lowest BCUT2D eigenvalue weighted by Crippen LogP contribution is -2.52. The Balaban J connectivity index is 2.09. The number of carbonyl (C=O) groups excluding carboxylic acids is 1.